The summed E-state index contributed by atoms with van der Waals surface area (Å²) < 4.78 is 0. The van der Waals surface area contributed by atoms with Gasteiger partial charge in [0.2, 0.25) is 0 Å². The van der Waals surface area contributed by atoms with Gasteiger partial charge >= 0.3 is 0 Å². The molecule has 1 heterocycles. The molecule has 100 valence electrons. The largest absolute Gasteiger partial charge is 0.392 e. The number of aryl methyl sites for hydroxylation is 1. The van der Waals surface area contributed by atoms with Gasteiger partial charge in [0.15, 0.2) is 0 Å². The maximum Gasteiger partial charge on any atom is 0.0717 e. The standard InChI is InChI=1S/C15H17ClN2O/c1-11-6-15(13(10-19)8-17-11)18(2)9-12-4-3-5-14(16)7-12/h3-8,19H,9-10H2,1-2H3. The van der Waals surface area contributed by atoms with Crippen molar-refractivity contribution < 1.29 is 5.11 Å². The van der Waals surface area contributed by atoms with Gasteiger partial charge in [-0.3, -0.25) is 4.98 Å². The number of aromatic nitrogens is 1. The van der Waals surface area contributed by atoms with Crippen LogP contribution in [0.5, 0.6) is 0 Å². The second-order valence-corrected chi connectivity index (χ2v) is 5.03. The molecule has 0 radical (unpaired) electrons. The van der Waals surface area contributed by atoms with Gasteiger partial charge in [-0.15, -0.1) is 0 Å². The molecule has 0 aliphatic carbocycles. The van der Waals surface area contributed by atoms with Gasteiger partial charge in [0, 0.05) is 41.8 Å². The van der Waals surface area contributed by atoms with E-state index in [2.05, 4.69) is 9.88 Å². The molecule has 0 saturated carbocycles. The number of rotatable bonds is 4. The smallest absolute Gasteiger partial charge is 0.0717 e. The number of nitrogens with zero attached hydrogens (tertiary/aromatic N) is 2. The lowest BCUT2D eigenvalue weighted by Gasteiger charge is -2.22. The van der Waals surface area contributed by atoms with E-state index in [0.717, 1.165) is 34.1 Å². The molecule has 2 aromatic rings. The minimum Gasteiger partial charge on any atom is -0.392 e. The van der Waals surface area contributed by atoms with E-state index in [1.807, 2.05) is 44.3 Å². The minimum atomic E-state index is -0.0114. The summed E-state index contributed by atoms with van der Waals surface area (Å²) in [7, 11) is 1.99. The van der Waals surface area contributed by atoms with Gasteiger partial charge in [-0.25, -0.2) is 0 Å². The van der Waals surface area contributed by atoms with E-state index in [9.17, 15) is 5.11 Å². The van der Waals surface area contributed by atoms with Crippen molar-refractivity contribution in [3.8, 4) is 0 Å². The zero-order chi connectivity index (χ0) is 13.8. The van der Waals surface area contributed by atoms with Gasteiger partial charge in [-0.05, 0) is 30.7 Å². The summed E-state index contributed by atoms with van der Waals surface area (Å²) in [5.41, 5.74) is 3.89. The van der Waals surface area contributed by atoms with Gasteiger partial charge < -0.3 is 10.0 Å². The van der Waals surface area contributed by atoms with Gasteiger partial charge in [-0.2, -0.15) is 0 Å². The van der Waals surface area contributed by atoms with Crippen LogP contribution in [0.3, 0.4) is 0 Å². The summed E-state index contributed by atoms with van der Waals surface area (Å²) >= 11 is 5.99. The van der Waals surface area contributed by atoms with Crippen molar-refractivity contribution >= 4 is 17.3 Å². The third kappa shape index (κ3) is 3.46. The van der Waals surface area contributed by atoms with Crippen LogP contribution >= 0.6 is 11.6 Å². The monoisotopic (exact) mass is 276 g/mol. The van der Waals surface area contributed by atoms with Crippen LogP contribution < -0.4 is 4.90 Å². The Hall–Kier alpha value is -1.58. The Bertz CT molecular complexity index is 572. The highest BCUT2D eigenvalue weighted by Gasteiger charge is 2.09. The maximum absolute atomic E-state index is 9.38. The van der Waals surface area contributed by atoms with Crippen LogP contribution in [-0.2, 0) is 13.2 Å². The van der Waals surface area contributed by atoms with Crippen molar-refractivity contribution in [1.29, 1.82) is 0 Å². The number of pyridine rings is 1. The minimum absolute atomic E-state index is 0.0114. The van der Waals surface area contributed by atoms with Crippen molar-refractivity contribution in [2.75, 3.05) is 11.9 Å². The molecule has 0 spiro atoms. The quantitative estimate of drug-likeness (QED) is 0.932. The Kier molecular flexibility index (Phi) is 4.40. The molecule has 0 amide bonds. The molecule has 0 aliphatic heterocycles. The van der Waals surface area contributed by atoms with Crippen molar-refractivity contribution in [2.45, 2.75) is 20.1 Å². The predicted octanol–water partition coefficient (Wildman–Crippen LogP) is 3.17. The lowest BCUT2D eigenvalue weighted by molar-refractivity contribution is 0.281. The topological polar surface area (TPSA) is 36.4 Å². The van der Waals surface area contributed by atoms with Crippen LogP contribution in [0.25, 0.3) is 0 Å². The molecule has 3 nitrogen and oxygen atoms in total. The highest BCUT2D eigenvalue weighted by molar-refractivity contribution is 6.30. The Morgan fingerprint density at radius 1 is 1.32 bits per heavy atom. The van der Waals surface area contributed by atoms with Crippen molar-refractivity contribution in [3.63, 3.8) is 0 Å². The molecule has 4 heteroatoms. The molecule has 0 bridgehead atoms. The molecular weight excluding hydrogens is 260 g/mol. The average Bonchev–Trinajstić information content (AvgIpc) is 2.38. The summed E-state index contributed by atoms with van der Waals surface area (Å²) in [6.07, 6.45) is 1.72. The normalized spacial score (nSPS) is 10.5. The van der Waals surface area contributed by atoms with Gasteiger partial charge in [0.1, 0.15) is 0 Å². The lowest BCUT2D eigenvalue weighted by Crippen LogP contribution is -2.18. The third-order valence-corrected chi connectivity index (χ3v) is 3.22. The van der Waals surface area contributed by atoms with Crippen molar-refractivity contribution in [3.05, 3.63) is 58.4 Å². The van der Waals surface area contributed by atoms with Crippen LogP contribution in [0.1, 0.15) is 16.8 Å². The van der Waals surface area contributed by atoms with Crippen LogP contribution in [0.4, 0.5) is 5.69 Å². The summed E-state index contributed by atoms with van der Waals surface area (Å²) in [6, 6.07) is 9.77. The summed E-state index contributed by atoms with van der Waals surface area (Å²) in [5, 5.41) is 10.1. The maximum atomic E-state index is 9.38. The third-order valence-electron chi connectivity index (χ3n) is 2.99. The van der Waals surface area contributed by atoms with E-state index in [1.54, 1.807) is 6.20 Å². The zero-order valence-electron chi connectivity index (χ0n) is 11.1. The molecule has 1 aromatic carbocycles. The van der Waals surface area contributed by atoms with Crippen molar-refractivity contribution in [2.24, 2.45) is 0 Å². The number of hydrogen-bond acceptors (Lipinski definition) is 3. The summed E-state index contributed by atoms with van der Waals surface area (Å²) in [4.78, 5) is 6.30. The fourth-order valence-electron chi connectivity index (χ4n) is 2.05. The zero-order valence-corrected chi connectivity index (χ0v) is 11.9. The van der Waals surface area contributed by atoms with Gasteiger partial charge in [0.05, 0.1) is 6.61 Å². The molecule has 0 unspecified atom stereocenters. The number of aliphatic hydroxyl groups excluding tert-OH is 1. The molecule has 0 saturated heterocycles. The first-order chi connectivity index (χ1) is 9.10. The fraction of sp³-hybridized carbons (Fsp3) is 0.267. The first kappa shape index (κ1) is 13.8. The second-order valence-electron chi connectivity index (χ2n) is 4.60. The number of benzene rings is 1. The molecule has 0 aliphatic rings. The molecule has 1 N–H and O–H groups in total. The van der Waals surface area contributed by atoms with E-state index in [1.165, 1.54) is 0 Å². The van der Waals surface area contributed by atoms with Gasteiger partial charge in [0.25, 0.3) is 0 Å². The first-order valence-electron chi connectivity index (χ1n) is 6.12. The van der Waals surface area contributed by atoms with E-state index in [0.29, 0.717) is 0 Å². The molecule has 19 heavy (non-hydrogen) atoms. The number of halogens is 1. The molecule has 1 aromatic heterocycles. The highest BCUT2D eigenvalue weighted by atomic mass is 35.5. The second kappa shape index (κ2) is 6.04. The van der Waals surface area contributed by atoms with Crippen LogP contribution in [0.15, 0.2) is 36.5 Å². The Morgan fingerprint density at radius 2 is 2.11 bits per heavy atom. The van der Waals surface area contributed by atoms with E-state index in [4.69, 9.17) is 11.6 Å². The Morgan fingerprint density at radius 3 is 2.79 bits per heavy atom. The highest BCUT2D eigenvalue weighted by Crippen LogP contribution is 2.22. The average molecular weight is 277 g/mol. The molecule has 0 fully saturated rings. The van der Waals surface area contributed by atoms with E-state index >= 15 is 0 Å². The predicted molar refractivity (Wildman–Crippen MR) is 78.5 cm³/mol. The molecular formula is C15H17ClN2O. The SMILES string of the molecule is Cc1cc(N(C)Cc2cccc(Cl)c2)c(CO)cn1. The first-order valence-corrected chi connectivity index (χ1v) is 6.50. The number of anilines is 1. The van der Waals surface area contributed by atoms with E-state index < -0.39 is 0 Å². The summed E-state index contributed by atoms with van der Waals surface area (Å²) in [6.45, 7) is 2.66. The van der Waals surface area contributed by atoms with Crippen LogP contribution in [-0.4, -0.2) is 17.1 Å². The summed E-state index contributed by atoms with van der Waals surface area (Å²) in [5.74, 6) is 0. The van der Waals surface area contributed by atoms with Crippen LogP contribution in [0, 0.1) is 6.92 Å². The molecule has 0 atom stereocenters. The van der Waals surface area contributed by atoms with E-state index in [-0.39, 0.29) is 6.61 Å². The lowest BCUT2D eigenvalue weighted by atomic mass is 10.1. The number of hydrogen-bond donors (Lipinski definition) is 1. The fourth-order valence-corrected chi connectivity index (χ4v) is 2.26. The van der Waals surface area contributed by atoms with Gasteiger partial charge in [-0.1, -0.05) is 23.7 Å². The van der Waals surface area contributed by atoms with Crippen LogP contribution in [0.2, 0.25) is 5.02 Å². The van der Waals surface area contributed by atoms with Crippen molar-refractivity contribution in [1.82, 2.24) is 4.98 Å². The number of aliphatic hydroxyl groups is 1. The Balaban J connectivity index is 2.24. The molecule has 2 rings (SSSR count). The Labute approximate surface area is 118 Å².